The molecule has 0 aliphatic heterocycles. The van der Waals surface area contributed by atoms with Crippen molar-refractivity contribution in [1.82, 2.24) is 0 Å². The minimum absolute atomic E-state index is 0.0285. The predicted octanol–water partition coefficient (Wildman–Crippen LogP) is 4.66. The van der Waals surface area contributed by atoms with E-state index < -0.39 is 50.7 Å². The van der Waals surface area contributed by atoms with Crippen LogP contribution in [-0.2, 0) is 30.4 Å². The molecule has 0 aliphatic rings. The number of hydrogen-bond acceptors (Lipinski definition) is 9. The molecule has 216 valence electrons. The molecule has 42 heavy (non-hydrogen) atoms. The van der Waals surface area contributed by atoms with Gasteiger partial charge in [0, 0.05) is 28.6 Å². The molecular weight excluding hydrogens is 612 g/mol. The van der Waals surface area contributed by atoms with Gasteiger partial charge in [0.25, 0.3) is 30.4 Å². The van der Waals surface area contributed by atoms with Crippen LogP contribution in [0, 0.1) is 0 Å². The van der Waals surface area contributed by atoms with Crippen LogP contribution < -0.4 is 10.4 Å². The van der Waals surface area contributed by atoms with Crippen LogP contribution in [0.4, 0.5) is 0 Å². The quantitative estimate of drug-likeness (QED) is 0.166. The van der Waals surface area contributed by atoms with E-state index in [1.807, 2.05) is 0 Å². The Kier molecular flexibility index (Phi) is 7.26. The lowest BCUT2D eigenvalue weighted by Crippen LogP contribution is -2.02. The van der Waals surface area contributed by atoms with Crippen molar-refractivity contribution in [2.24, 2.45) is 0 Å². The summed E-state index contributed by atoms with van der Waals surface area (Å²) in [5.74, 6) is 0.0994. The van der Waals surface area contributed by atoms with Crippen LogP contribution in [-0.4, -0.2) is 38.9 Å². The average Bonchev–Trinajstić information content (AvgIpc) is 2.91. The summed E-state index contributed by atoms with van der Waals surface area (Å²) in [6.45, 7) is 0. The Hall–Kier alpha value is -4.38. The smallest absolute Gasteiger partial charge is 0.336 e. The van der Waals surface area contributed by atoms with Crippen molar-refractivity contribution in [2.45, 2.75) is 14.7 Å². The topological polar surface area (TPSA) is 203 Å². The number of fused-ring (bicyclic) bond motifs is 1. The number of hydrogen-bond donors (Lipinski definition) is 3. The molecule has 0 saturated heterocycles. The van der Waals surface area contributed by atoms with Gasteiger partial charge in [-0.2, -0.15) is 25.3 Å². The fourth-order valence-electron chi connectivity index (χ4n) is 4.13. The molecule has 0 fully saturated rings. The highest BCUT2D eigenvalue weighted by atomic mass is 32.2. The van der Waals surface area contributed by atoms with Gasteiger partial charge in [0.05, 0.1) is 14.7 Å². The molecule has 0 unspecified atom stereocenters. The van der Waals surface area contributed by atoms with Gasteiger partial charge in [0.2, 0.25) is 0 Å². The molecular formula is C27H18O12S3. The zero-order valence-corrected chi connectivity index (χ0v) is 23.4. The SMILES string of the molecule is O=c1ccc2ccc(Oc3c(-c4ccc(S(=O)(=O)O)cc4)cc(S(=O)(=O)O)cc3-c3ccc(S(=O)(=O)O)cc3)cc2o1. The van der Waals surface area contributed by atoms with Crippen LogP contribution in [0.25, 0.3) is 33.2 Å². The van der Waals surface area contributed by atoms with Gasteiger partial charge in [-0.15, -0.1) is 0 Å². The van der Waals surface area contributed by atoms with E-state index in [-0.39, 0.29) is 39.3 Å². The van der Waals surface area contributed by atoms with Crippen molar-refractivity contribution >= 4 is 41.3 Å². The Balaban J connectivity index is 1.79. The molecule has 0 radical (unpaired) electrons. The van der Waals surface area contributed by atoms with E-state index in [0.717, 1.165) is 36.4 Å². The average molecular weight is 631 g/mol. The van der Waals surface area contributed by atoms with E-state index in [0.29, 0.717) is 5.39 Å². The molecule has 4 aromatic carbocycles. The molecule has 0 spiro atoms. The van der Waals surface area contributed by atoms with Crippen LogP contribution in [0.1, 0.15) is 0 Å². The van der Waals surface area contributed by atoms with Crippen LogP contribution in [0.3, 0.4) is 0 Å². The Morgan fingerprint density at radius 1 is 0.548 bits per heavy atom. The molecule has 5 rings (SSSR count). The first-order valence-electron chi connectivity index (χ1n) is 11.6. The zero-order valence-electron chi connectivity index (χ0n) is 20.9. The van der Waals surface area contributed by atoms with Gasteiger partial charge in [0.15, 0.2) is 0 Å². The third-order valence-electron chi connectivity index (χ3n) is 6.10. The molecule has 0 amide bonds. The highest BCUT2D eigenvalue weighted by Crippen LogP contribution is 2.44. The third kappa shape index (κ3) is 6.11. The van der Waals surface area contributed by atoms with E-state index >= 15 is 0 Å². The van der Waals surface area contributed by atoms with Crippen molar-refractivity contribution in [2.75, 3.05) is 0 Å². The Morgan fingerprint density at radius 2 is 1.00 bits per heavy atom. The normalized spacial score (nSPS) is 12.4. The van der Waals surface area contributed by atoms with Gasteiger partial charge >= 0.3 is 5.63 Å². The fraction of sp³-hybridized carbons (Fsp3) is 0. The number of rotatable bonds is 7. The molecule has 0 bridgehead atoms. The van der Waals surface area contributed by atoms with E-state index in [2.05, 4.69) is 0 Å². The van der Waals surface area contributed by atoms with Crippen LogP contribution in [0.15, 0.2) is 115 Å². The Bertz CT molecular complexity index is 2140. The largest absolute Gasteiger partial charge is 0.456 e. The Morgan fingerprint density at radius 3 is 1.45 bits per heavy atom. The molecule has 0 saturated carbocycles. The maximum absolute atomic E-state index is 12.3. The second-order valence-corrected chi connectivity index (χ2v) is 13.1. The maximum Gasteiger partial charge on any atom is 0.336 e. The van der Waals surface area contributed by atoms with E-state index in [9.17, 15) is 43.7 Å². The summed E-state index contributed by atoms with van der Waals surface area (Å²) in [6, 6.07) is 18.8. The summed E-state index contributed by atoms with van der Waals surface area (Å²) in [5.41, 5.74) is 0.0343. The Labute approximate surface area is 238 Å². The summed E-state index contributed by atoms with van der Waals surface area (Å²) >= 11 is 0. The third-order valence-corrected chi connectivity index (χ3v) is 8.67. The number of benzene rings is 4. The molecule has 3 N–H and O–H groups in total. The van der Waals surface area contributed by atoms with Crippen LogP contribution in [0.5, 0.6) is 11.5 Å². The van der Waals surface area contributed by atoms with Crippen molar-refractivity contribution in [3.63, 3.8) is 0 Å². The van der Waals surface area contributed by atoms with Crippen molar-refractivity contribution in [3.05, 3.63) is 101 Å². The van der Waals surface area contributed by atoms with Gasteiger partial charge in [-0.05, 0) is 65.7 Å². The first-order chi connectivity index (χ1) is 19.6. The summed E-state index contributed by atoms with van der Waals surface area (Å²) in [5, 5.41) is 0.575. The van der Waals surface area contributed by atoms with Gasteiger partial charge in [-0.1, -0.05) is 24.3 Å². The minimum Gasteiger partial charge on any atom is -0.456 e. The summed E-state index contributed by atoms with van der Waals surface area (Å²) in [6.07, 6.45) is 0. The van der Waals surface area contributed by atoms with Crippen LogP contribution in [0.2, 0.25) is 0 Å². The fourth-order valence-corrected chi connectivity index (χ4v) is 5.62. The maximum atomic E-state index is 12.3. The molecule has 1 heterocycles. The lowest BCUT2D eigenvalue weighted by atomic mass is 9.97. The molecule has 0 atom stereocenters. The molecule has 0 aliphatic carbocycles. The van der Waals surface area contributed by atoms with Crippen LogP contribution >= 0.6 is 0 Å². The summed E-state index contributed by atoms with van der Waals surface area (Å²) in [7, 11) is -13.9. The second-order valence-electron chi connectivity index (χ2n) is 8.88. The first-order valence-corrected chi connectivity index (χ1v) is 15.9. The van der Waals surface area contributed by atoms with Gasteiger partial charge < -0.3 is 9.15 Å². The number of ether oxygens (including phenoxy) is 1. The lowest BCUT2D eigenvalue weighted by molar-refractivity contribution is 0.478. The zero-order chi connectivity index (χ0) is 30.4. The van der Waals surface area contributed by atoms with Gasteiger partial charge in [-0.3, -0.25) is 13.7 Å². The summed E-state index contributed by atoms with van der Waals surface area (Å²) in [4.78, 5) is 10.3. The lowest BCUT2D eigenvalue weighted by Gasteiger charge is -2.18. The van der Waals surface area contributed by atoms with Crippen molar-refractivity contribution < 1.29 is 48.1 Å². The molecule has 12 nitrogen and oxygen atoms in total. The second kappa shape index (κ2) is 10.5. The summed E-state index contributed by atoms with van der Waals surface area (Å²) < 4.78 is 111. The van der Waals surface area contributed by atoms with E-state index in [4.69, 9.17) is 9.15 Å². The van der Waals surface area contributed by atoms with Gasteiger partial charge in [-0.25, -0.2) is 4.79 Å². The standard InChI is InChI=1S/C27H18O12S3/c28-26-12-6-18-1-7-19(13-25(18)39-26)38-27-23(16-2-8-20(9-3-16)40(29,30)31)14-22(42(35,36)37)15-24(27)17-4-10-21(11-5-17)41(32,33)34/h1-15H,(H,29,30,31)(H,32,33,34)(H,35,36,37). The van der Waals surface area contributed by atoms with Crippen molar-refractivity contribution in [1.29, 1.82) is 0 Å². The highest BCUT2D eigenvalue weighted by molar-refractivity contribution is 7.86. The molecule has 15 heteroatoms. The van der Waals surface area contributed by atoms with E-state index in [1.165, 1.54) is 48.5 Å². The van der Waals surface area contributed by atoms with Crippen molar-refractivity contribution in [3.8, 4) is 33.8 Å². The van der Waals surface area contributed by atoms with E-state index in [1.54, 1.807) is 6.07 Å². The monoisotopic (exact) mass is 630 g/mol. The highest BCUT2D eigenvalue weighted by Gasteiger charge is 2.23. The minimum atomic E-state index is -4.83. The molecule has 1 aromatic heterocycles. The molecule has 5 aromatic rings. The van der Waals surface area contributed by atoms with Gasteiger partial charge in [0.1, 0.15) is 17.1 Å². The first kappa shape index (κ1) is 29.1. The predicted molar refractivity (Wildman–Crippen MR) is 149 cm³/mol.